The standard InChI is InChI=1S/C36H50N4O2/c1-25(2)42-31-11-9-10-27(22-31)36(16-19-38(20-17-36)34(41)35(4,5)6)18-21-39-28-14-15-29(39)24-30(23-28)40-26(3)37-32-12-7-8-13-33(32)40/h7-13,22,25,28-30H,14-21,23-24H2,1-6H3/t28-,29+,30+. The fourth-order valence-corrected chi connectivity index (χ4v) is 8.26. The fraction of sp³-hybridized carbons (Fsp3) is 0.611. The topological polar surface area (TPSA) is 50.6 Å². The van der Waals surface area contributed by atoms with Crippen LogP contribution in [0.25, 0.3) is 11.0 Å². The predicted octanol–water partition coefficient (Wildman–Crippen LogP) is 7.30. The lowest BCUT2D eigenvalue weighted by Gasteiger charge is -2.46. The average Bonchev–Trinajstić information content (AvgIpc) is 3.41. The van der Waals surface area contributed by atoms with Gasteiger partial charge in [0.1, 0.15) is 11.6 Å². The van der Waals surface area contributed by atoms with Crippen molar-refractivity contribution in [3.63, 3.8) is 0 Å². The van der Waals surface area contributed by atoms with Crippen molar-refractivity contribution in [1.29, 1.82) is 0 Å². The number of benzene rings is 2. The Kier molecular flexibility index (Phi) is 7.88. The van der Waals surface area contributed by atoms with Crippen molar-refractivity contribution in [3.8, 4) is 5.75 Å². The molecule has 0 radical (unpaired) electrons. The van der Waals surface area contributed by atoms with Crippen molar-refractivity contribution < 1.29 is 9.53 Å². The molecule has 1 aromatic heterocycles. The third-order valence-electron chi connectivity index (χ3n) is 10.3. The van der Waals surface area contributed by atoms with Gasteiger partial charge in [0.25, 0.3) is 0 Å². The van der Waals surface area contributed by atoms with E-state index in [1.165, 1.54) is 36.8 Å². The van der Waals surface area contributed by atoms with E-state index in [9.17, 15) is 4.79 Å². The molecule has 0 saturated carbocycles. The predicted molar refractivity (Wildman–Crippen MR) is 170 cm³/mol. The lowest BCUT2D eigenvalue weighted by Crippen LogP contribution is -2.50. The fourth-order valence-electron chi connectivity index (χ4n) is 8.26. The van der Waals surface area contributed by atoms with Crippen LogP contribution in [-0.4, -0.2) is 63.1 Å². The number of fused-ring (bicyclic) bond motifs is 3. The second-order valence-electron chi connectivity index (χ2n) is 14.5. The van der Waals surface area contributed by atoms with Crippen LogP contribution in [0, 0.1) is 12.3 Å². The van der Waals surface area contributed by atoms with Crippen LogP contribution in [-0.2, 0) is 10.2 Å². The largest absolute Gasteiger partial charge is 0.491 e. The van der Waals surface area contributed by atoms with Gasteiger partial charge in [0, 0.05) is 42.0 Å². The molecule has 0 spiro atoms. The Bertz CT molecular complexity index is 1400. The number of aromatic nitrogens is 2. The number of carbonyl (C=O) groups is 1. The van der Waals surface area contributed by atoms with Gasteiger partial charge in [-0.1, -0.05) is 45.0 Å². The van der Waals surface area contributed by atoms with Crippen molar-refractivity contribution in [2.45, 2.75) is 116 Å². The SMILES string of the molecule is Cc1nc2ccccc2n1[C@H]1C[C@H]2CC[C@@H](C1)N2CCC1(c2cccc(OC(C)C)c2)CCN(C(=O)C(C)(C)C)CC1. The molecule has 226 valence electrons. The summed E-state index contributed by atoms with van der Waals surface area (Å²) < 4.78 is 8.67. The quantitative estimate of drug-likeness (QED) is 0.299. The molecule has 3 aromatic rings. The van der Waals surface area contributed by atoms with Gasteiger partial charge in [-0.3, -0.25) is 9.69 Å². The number of aryl methyl sites for hydroxylation is 1. The number of hydrogen-bond acceptors (Lipinski definition) is 4. The molecule has 4 heterocycles. The van der Waals surface area contributed by atoms with E-state index in [0.29, 0.717) is 18.1 Å². The first-order valence-electron chi connectivity index (χ1n) is 16.3. The zero-order chi connectivity index (χ0) is 29.6. The van der Waals surface area contributed by atoms with Crippen LogP contribution < -0.4 is 4.74 Å². The van der Waals surface area contributed by atoms with Gasteiger partial charge in [0.15, 0.2) is 0 Å². The van der Waals surface area contributed by atoms with E-state index in [1.54, 1.807) is 0 Å². The maximum atomic E-state index is 13.2. The van der Waals surface area contributed by atoms with Crippen molar-refractivity contribution >= 4 is 16.9 Å². The van der Waals surface area contributed by atoms with Crippen LogP contribution in [0.5, 0.6) is 5.75 Å². The number of ether oxygens (including phenoxy) is 1. The van der Waals surface area contributed by atoms with Crippen molar-refractivity contribution in [2.75, 3.05) is 19.6 Å². The molecule has 0 aliphatic carbocycles. The van der Waals surface area contributed by atoms with Gasteiger partial charge in [0.05, 0.1) is 17.1 Å². The summed E-state index contributed by atoms with van der Waals surface area (Å²) in [6, 6.07) is 19.2. The number of amides is 1. The highest BCUT2D eigenvalue weighted by Gasteiger charge is 2.44. The minimum absolute atomic E-state index is 0.0540. The Labute approximate surface area is 252 Å². The molecule has 6 heteroatoms. The Balaban J connectivity index is 1.21. The molecule has 2 bridgehead atoms. The summed E-state index contributed by atoms with van der Waals surface area (Å²) in [5, 5.41) is 0. The van der Waals surface area contributed by atoms with Crippen LogP contribution in [0.1, 0.15) is 97.0 Å². The van der Waals surface area contributed by atoms with E-state index < -0.39 is 0 Å². The number of rotatable bonds is 7. The molecule has 6 nitrogen and oxygen atoms in total. The van der Waals surface area contributed by atoms with E-state index >= 15 is 0 Å². The third kappa shape index (κ3) is 5.59. The molecule has 3 atom stereocenters. The summed E-state index contributed by atoms with van der Waals surface area (Å²) in [6.45, 7) is 15.2. The summed E-state index contributed by atoms with van der Waals surface area (Å²) in [4.78, 5) is 23.0. The van der Waals surface area contributed by atoms with Crippen LogP contribution in [0.15, 0.2) is 48.5 Å². The maximum absolute atomic E-state index is 13.2. The Hall–Kier alpha value is -2.86. The number of imidazole rings is 1. The van der Waals surface area contributed by atoms with Gasteiger partial charge in [-0.2, -0.15) is 0 Å². The summed E-state index contributed by atoms with van der Waals surface area (Å²) >= 11 is 0. The van der Waals surface area contributed by atoms with E-state index in [1.807, 2.05) is 20.8 Å². The molecule has 0 N–H and O–H groups in total. The first-order valence-corrected chi connectivity index (χ1v) is 16.3. The molecule has 3 fully saturated rings. The Morgan fingerprint density at radius 2 is 1.69 bits per heavy atom. The number of piperidine rings is 2. The number of nitrogens with zero attached hydrogens (tertiary/aromatic N) is 4. The second kappa shape index (κ2) is 11.3. The highest BCUT2D eigenvalue weighted by molar-refractivity contribution is 5.81. The maximum Gasteiger partial charge on any atom is 0.227 e. The number of hydrogen-bond donors (Lipinski definition) is 0. The van der Waals surface area contributed by atoms with Gasteiger partial charge in [-0.15, -0.1) is 0 Å². The molecule has 2 aromatic carbocycles. The normalized spacial score (nSPS) is 24.5. The minimum Gasteiger partial charge on any atom is -0.491 e. The van der Waals surface area contributed by atoms with Crippen molar-refractivity contribution in [1.82, 2.24) is 19.4 Å². The zero-order valence-corrected chi connectivity index (χ0v) is 26.6. The monoisotopic (exact) mass is 570 g/mol. The summed E-state index contributed by atoms with van der Waals surface area (Å²) in [5.41, 5.74) is 3.50. The molecule has 3 aliphatic heterocycles. The average molecular weight is 571 g/mol. The zero-order valence-electron chi connectivity index (χ0n) is 26.6. The van der Waals surface area contributed by atoms with E-state index in [4.69, 9.17) is 9.72 Å². The molecular formula is C36H50N4O2. The third-order valence-corrected chi connectivity index (χ3v) is 10.3. The van der Waals surface area contributed by atoms with Gasteiger partial charge in [0.2, 0.25) is 5.91 Å². The first-order chi connectivity index (χ1) is 20.0. The number of likely N-dealkylation sites (tertiary alicyclic amines) is 1. The molecule has 0 unspecified atom stereocenters. The van der Waals surface area contributed by atoms with Crippen LogP contribution in [0.2, 0.25) is 0 Å². The van der Waals surface area contributed by atoms with Crippen LogP contribution >= 0.6 is 0 Å². The van der Waals surface area contributed by atoms with Crippen molar-refractivity contribution in [3.05, 3.63) is 59.9 Å². The number of carbonyl (C=O) groups excluding carboxylic acids is 1. The van der Waals surface area contributed by atoms with E-state index in [0.717, 1.165) is 56.0 Å². The van der Waals surface area contributed by atoms with Gasteiger partial charge in [-0.05, 0) is 102 Å². The molecule has 3 saturated heterocycles. The highest BCUT2D eigenvalue weighted by Crippen LogP contribution is 2.45. The van der Waals surface area contributed by atoms with Crippen LogP contribution in [0.4, 0.5) is 0 Å². The molecule has 42 heavy (non-hydrogen) atoms. The summed E-state index contributed by atoms with van der Waals surface area (Å²) in [7, 11) is 0. The van der Waals surface area contributed by atoms with Gasteiger partial charge in [-0.25, -0.2) is 4.98 Å². The Morgan fingerprint density at radius 1 is 1.00 bits per heavy atom. The summed E-state index contributed by atoms with van der Waals surface area (Å²) in [5.74, 6) is 2.38. The molecular weight excluding hydrogens is 520 g/mol. The molecule has 1 amide bonds. The smallest absolute Gasteiger partial charge is 0.227 e. The number of para-hydroxylation sites is 2. The summed E-state index contributed by atoms with van der Waals surface area (Å²) in [6.07, 6.45) is 8.29. The molecule has 6 rings (SSSR count). The van der Waals surface area contributed by atoms with E-state index in [2.05, 4.69) is 83.7 Å². The second-order valence-corrected chi connectivity index (χ2v) is 14.5. The van der Waals surface area contributed by atoms with E-state index in [-0.39, 0.29) is 22.8 Å². The van der Waals surface area contributed by atoms with Crippen LogP contribution in [0.3, 0.4) is 0 Å². The highest BCUT2D eigenvalue weighted by atomic mass is 16.5. The van der Waals surface area contributed by atoms with Gasteiger partial charge < -0.3 is 14.2 Å². The minimum atomic E-state index is -0.340. The Morgan fingerprint density at radius 3 is 2.36 bits per heavy atom. The van der Waals surface area contributed by atoms with Gasteiger partial charge >= 0.3 is 0 Å². The lowest BCUT2D eigenvalue weighted by molar-refractivity contribution is -0.141. The molecule has 3 aliphatic rings. The lowest BCUT2D eigenvalue weighted by atomic mass is 9.70. The first kappa shape index (κ1) is 29.2. The van der Waals surface area contributed by atoms with Crippen molar-refractivity contribution in [2.24, 2.45) is 5.41 Å².